The Morgan fingerprint density at radius 1 is 1.32 bits per heavy atom. The van der Waals surface area contributed by atoms with Crippen molar-refractivity contribution in [3.8, 4) is 5.75 Å². The van der Waals surface area contributed by atoms with Crippen molar-refractivity contribution >= 4 is 5.69 Å². The van der Waals surface area contributed by atoms with E-state index in [-0.39, 0.29) is 5.69 Å². The average molecular weight is 261 g/mol. The number of non-ortho nitro benzene ring substituents is 1. The molecule has 0 N–H and O–H groups in total. The van der Waals surface area contributed by atoms with Crippen LogP contribution >= 0.6 is 0 Å². The van der Waals surface area contributed by atoms with Gasteiger partial charge in [-0.25, -0.2) is 0 Å². The topological polar surface area (TPSA) is 52.4 Å². The molecule has 4 nitrogen and oxygen atoms in total. The molecule has 1 aromatic rings. The van der Waals surface area contributed by atoms with Gasteiger partial charge >= 0.3 is 0 Å². The van der Waals surface area contributed by atoms with Crippen molar-refractivity contribution in [2.45, 2.75) is 20.8 Å². The largest absolute Gasteiger partial charge is 0.458 e. The van der Waals surface area contributed by atoms with Crippen molar-refractivity contribution in [2.75, 3.05) is 0 Å². The van der Waals surface area contributed by atoms with Crippen LogP contribution in [0.5, 0.6) is 5.75 Å². The highest BCUT2D eigenvalue weighted by Gasteiger charge is 2.06. The minimum absolute atomic E-state index is 0.0146. The van der Waals surface area contributed by atoms with Gasteiger partial charge in [0.2, 0.25) is 0 Å². The van der Waals surface area contributed by atoms with E-state index in [1.807, 2.05) is 20.8 Å². The summed E-state index contributed by atoms with van der Waals surface area (Å²) in [5.74, 6) is 0.782. The Labute approximate surface area is 113 Å². The summed E-state index contributed by atoms with van der Waals surface area (Å²) >= 11 is 0. The molecule has 0 aliphatic rings. The number of rotatable bonds is 5. The Balaban J connectivity index is 0.00000154. The molecule has 0 radical (unpaired) electrons. The van der Waals surface area contributed by atoms with Crippen molar-refractivity contribution in [1.29, 1.82) is 0 Å². The highest BCUT2D eigenvalue weighted by atomic mass is 16.6. The van der Waals surface area contributed by atoms with Crippen molar-refractivity contribution < 1.29 is 9.66 Å². The molecule has 0 heterocycles. The summed E-state index contributed by atoms with van der Waals surface area (Å²) in [6, 6.07) is 5.94. The zero-order valence-electron chi connectivity index (χ0n) is 11.6. The molecule has 0 amide bonds. The molecule has 0 aliphatic heterocycles. The summed E-state index contributed by atoms with van der Waals surface area (Å²) in [4.78, 5) is 10.1. The SMILES string of the molecule is C=C(C)/C=C\C(=C)Oc1cccc([N+](=O)[O-])c1.CC. The molecule has 0 unspecified atom stereocenters. The lowest BCUT2D eigenvalue weighted by atomic mass is 10.3. The molecule has 1 rings (SSSR count). The van der Waals surface area contributed by atoms with Crippen LogP contribution in [0.1, 0.15) is 20.8 Å². The van der Waals surface area contributed by atoms with E-state index >= 15 is 0 Å². The second kappa shape index (κ2) is 8.69. The molecular formula is C15H19NO3. The molecule has 0 fully saturated rings. The van der Waals surface area contributed by atoms with Crippen LogP contribution in [0.2, 0.25) is 0 Å². The van der Waals surface area contributed by atoms with Gasteiger partial charge in [0.05, 0.1) is 11.0 Å². The molecule has 102 valence electrons. The van der Waals surface area contributed by atoms with Crippen LogP contribution in [0.4, 0.5) is 5.69 Å². The Kier molecular flexibility index (Phi) is 7.61. The number of hydrogen-bond acceptors (Lipinski definition) is 3. The van der Waals surface area contributed by atoms with E-state index in [0.29, 0.717) is 11.5 Å². The quantitative estimate of drug-likeness (QED) is 0.335. The lowest BCUT2D eigenvalue weighted by Gasteiger charge is -2.04. The fourth-order valence-electron chi connectivity index (χ4n) is 1.08. The standard InChI is InChI=1S/C13H13NO3.C2H6/c1-10(2)7-8-11(3)17-13-6-4-5-12(9-13)14(15)16;1-2/h4-9H,1,3H2,2H3;1-2H3/b8-7-;. The molecule has 4 heteroatoms. The van der Waals surface area contributed by atoms with Crippen LogP contribution in [0.3, 0.4) is 0 Å². The number of benzene rings is 1. The molecule has 1 aromatic carbocycles. The zero-order valence-corrected chi connectivity index (χ0v) is 11.6. The van der Waals surface area contributed by atoms with Crippen LogP contribution in [0, 0.1) is 10.1 Å². The predicted octanol–water partition coefficient (Wildman–Crippen LogP) is 4.65. The number of hydrogen-bond donors (Lipinski definition) is 0. The van der Waals surface area contributed by atoms with Crippen molar-refractivity contribution in [3.63, 3.8) is 0 Å². The Bertz CT molecular complexity index is 490. The number of ether oxygens (including phenoxy) is 1. The maximum absolute atomic E-state index is 10.6. The Hall–Kier alpha value is -2.36. The third-order valence-electron chi connectivity index (χ3n) is 1.83. The van der Waals surface area contributed by atoms with Gasteiger partial charge in [-0.1, -0.05) is 44.7 Å². The van der Waals surface area contributed by atoms with Crippen LogP contribution < -0.4 is 4.74 Å². The van der Waals surface area contributed by atoms with Gasteiger partial charge in [0, 0.05) is 6.07 Å². The van der Waals surface area contributed by atoms with Gasteiger partial charge in [-0.3, -0.25) is 10.1 Å². The normalized spacial score (nSPS) is 9.42. The Morgan fingerprint density at radius 3 is 2.47 bits per heavy atom. The molecule has 19 heavy (non-hydrogen) atoms. The molecule has 0 saturated carbocycles. The van der Waals surface area contributed by atoms with E-state index in [2.05, 4.69) is 13.2 Å². The maximum Gasteiger partial charge on any atom is 0.273 e. The predicted molar refractivity (Wildman–Crippen MR) is 78.2 cm³/mol. The van der Waals surface area contributed by atoms with Crippen LogP contribution in [0.25, 0.3) is 0 Å². The van der Waals surface area contributed by atoms with Gasteiger partial charge in [0.15, 0.2) is 0 Å². The maximum atomic E-state index is 10.6. The van der Waals surface area contributed by atoms with Gasteiger partial charge in [-0.05, 0) is 19.1 Å². The van der Waals surface area contributed by atoms with Gasteiger partial charge in [-0.15, -0.1) is 0 Å². The first-order valence-electron chi connectivity index (χ1n) is 5.94. The van der Waals surface area contributed by atoms with Gasteiger partial charge in [-0.2, -0.15) is 0 Å². The first-order valence-corrected chi connectivity index (χ1v) is 5.94. The fraction of sp³-hybridized carbons (Fsp3) is 0.200. The van der Waals surface area contributed by atoms with Gasteiger partial charge < -0.3 is 4.74 Å². The number of nitro benzene ring substituents is 1. The number of allylic oxidation sites excluding steroid dienone is 3. The minimum Gasteiger partial charge on any atom is -0.458 e. The summed E-state index contributed by atoms with van der Waals surface area (Å²) in [5, 5.41) is 10.6. The molecule has 0 aromatic heterocycles. The van der Waals surface area contributed by atoms with E-state index < -0.39 is 4.92 Å². The summed E-state index contributed by atoms with van der Waals surface area (Å²) in [7, 11) is 0. The first-order chi connectivity index (χ1) is 8.99. The smallest absolute Gasteiger partial charge is 0.273 e. The van der Waals surface area contributed by atoms with E-state index in [1.54, 1.807) is 24.3 Å². The average Bonchev–Trinajstić information content (AvgIpc) is 2.39. The van der Waals surface area contributed by atoms with Crippen molar-refractivity contribution in [1.82, 2.24) is 0 Å². The van der Waals surface area contributed by atoms with Gasteiger partial charge in [0.25, 0.3) is 5.69 Å². The molecule has 0 bridgehead atoms. The van der Waals surface area contributed by atoms with E-state index in [1.165, 1.54) is 12.1 Å². The molecule has 0 aliphatic carbocycles. The van der Waals surface area contributed by atoms with Gasteiger partial charge in [0.1, 0.15) is 11.5 Å². The second-order valence-electron chi connectivity index (χ2n) is 3.50. The van der Waals surface area contributed by atoms with Crippen LogP contribution in [-0.4, -0.2) is 4.92 Å². The highest BCUT2D eigenvalue weighted by Crippen LogP contribution is 2.20. The van der Waals surface area contributed by atoms with E-state index in [0.717, 1.165) is 5.57 Å². The number of nitro groups is 1. The monoisotopic (exact) mass is 261 g/mol. The van der Waals surface area contributed by atoms with Crippen LogP contribution in [0.15, 0.2) is 60.9 Å². The van der Waals surface area contributed by atoms with Crippen LogP contribution in [-0.2, 0) is 0 Å². The third kappa shape index (κ3) is 6.83. The molecular weight excluding hydrogens is 242 g/mol. The third-order valence-corrected chi connectivity index (χ3v) is 1.83. The first kappa shape index (κ1) is 16.6. The molecule has 0 saturated heterocycles. The summed E-state index contributed by atoms with van der Waals surface area (Å²) in [6.45, 7) is 13.2. The minimum atomic E-state index is -0.473. The summed E-state index contributed by atoms with van der Waals surface area (Å²) in [5.41, 5.74) is 0.855. The number of nitrogens with zero attached hydrogens (tertiary/aromatic N) is 1. The fourth-order valence-corrected chi connectivity index (χ4v) is 1.08. The summed E-state index contributed by atoms with van der Waals surface area (Å²) < 4.78 is 5.33. The van der Waals surface area contributed by atoms with E-state index in [4.69, 9.17) is 4.74 Å². The molecule has 0 spiro atoms. The summed E-state index contributed by atoms with van der Waals surface area (Å²) in [6.07, 6.45) is 3.40. The molecule has 0 atom stereocenters. The Morgan fingerprint density at radius 2 is 1.95 bits per heavy atom. The second-order valence-corrected chi connectivity index (χ2v) is 3.50. The van der Waals surface area contributed by atoms with E-state index in [9.17, 15) is 10.1 Å². The van der Waals surface area contributed by atoms with Crippen molar-refractivity contribution in [3.05, 3.63) is 71.0 Å². The van der Waals surface area contributed by atoms with Crippen molar-refractivity contribution in [2.24, 2.45) is 0 Å². The lowest BCUT2D eigenvalue weighted by molar-refractivity contribution is -0.384. The zero-order chi connectivity index (χ0) is 14.8. The highest BCUT2D eigenvalue weighted by molar-refractivity contribution is 5.39. The lowest BCUT2D eigenvalue weighted by Crippen LogP contribution is -1.92.